The van der Waals surface area contributed by atoms with E-state index >= 15 is 0 Å². The van der Waals surface area contributed by atoms with Crippen LogP contribution in [0.1, 0.15) is 6.42 Å². The molecule has 1 amide bonds. The normalized spacial score (nSPS) is 17.3. The van der Waals surface area contributed by atoms with Gasteiger partial charge in [0.05, 0.1) is 6.42 Å². The van der Waals surface area contributed by atoms with Crippen LogP contribution >= 0.6 is 0 Å². The number of azo groups is 1. The third-order valence-corrected chi connectivity index (χ3v) is 1.06. The Labute approximate surface area is 60.9 Å². The summed E-state index contributed by atoms with van der Waals surface area (Å²) in [7, 11) is 0. The highest BCUT2D eigenvalue weighted by atomic mass is 16.4. The molecule has 1 heterocycles. The molecule has 0 aromatic heterocycles. The number of carbonyl (C=O) groups is 2. The first-order chi connectivity index (χ1) is 5.11. The van der Waals surface area contributed by atoms with Gasteiger partial charge in [0.2, 0.25) is 5.70 Å². The second-order valence-corrected chi connectivity index (χ2v) is 1.87. The van der Waals surface area contributed by atoms with Crippen molar-refractivity contribution < 1.29 is 19.8 Å². The van der Waals surface area contributed by atoms with Crippen molar-refractivity contribution in [3.8, 4) is 0 Å². The van der Waals surface area contributed by atoms with Gasteiger partial charge in [-0.25, -0.2) is 4.79 Å². The van der Waals surface area contributed by atoms with Gasteiger partial charge in [0.15, 0.2) is 0 Å². The Kier molecular flexibility index (Phi) is 1.67. The second kappa shape index (κ2) is 2.49. The Morgan fingerprint density at radius 2 is 2.09 bits per heavy atom. The Balaban J connectivity index is 2.97. The molecular formula is C5H4N2O4. The van der Waals surface area contributed by atoms with Crippen LogP contribution in [0.4, 0.5) is 0 Å². The van der Waals surface area contributed by atoms with Gasteiger partial charge in [-0.3, -0.25) is 4.79 Å². The van der Waals surface area contributed by atoms with Crippen LogP contribution in [-0.2, 0) is 9.59 Å². The lowest BCUT2D eigenvalue weighted by molar-refractivity contribution is -0.133. The van der Waals surface area contributed by atoms with Crippen molar-refractivity contribution in [2.45, 2.75) is 6.42 Å². The second-order valence-electron chi connectivity index (χ2n) is 1.87. The lowest BCUT2D eigenvalue weighted by atomic mass is 10.2. The van der Waals surface area contributed by atoms with Crippen LogP contribution in [0.25, 0.3) is 0 Å². The lowest BCUT2D eigenvalue weighted by Crippen LogP contribution is -2.09. The van der Waals surface area contributed by atoms with Crippen molar-refractivity contribution in [2.24, 2.45) is 10.2 Å². The minimum Gasteiger partial charge on any atom is -0.509 e. The molecule has 0 spiro atoms. The topological polar surface area (TPSA) is 99.3 Å². The van der Waals surface area contributed by atoms with Crippen LogP contribution in [0.5, 0.6) is 0 Å². The summed E-state index contributed by atoms with van der Waals surface area (Å²) in [4.78, 5) is 20.6. The summed E-state index contributed by atoms with van der Waals surface area (Å²) in [5.74, 6) is -2.58. The van der Waals surface area contributed by atoms with Crippen LogP contribution in [-0.4, -0.2) is 22.1 Å². The molecule has 0 radical (unpaired) electrons. The van der Waals surface area contributed by atoms with Crippen LogP contribution in [0.3, 0.4) is 0 Å². The number of nitrogens with zero attached hydrogens (tertiary/aromatic N) is 2. The van der Waals surface area contributed by atoms with E-state index in [-0.39, 0.29) is 6.42 Å². The van der Waals surface area contributed by atoms with Gasteiger partial charge in [-0.05, 0) is 0 Å². The summed E-state index contributed by atoms with van der Waals surface area (Å²) >= 11 is 0. The van der Waals surface area contributed by atoms with Crippen LogP contribution in [0.2, 0.25) is 0 Å². The van der Waals surface area contributed by atoms with Gasteiger partial charge in [-0.2, -0.15) is 0 Å². The number of amides is 1. The monoisotopic (exact) mass is 156 g/mol. The van der Waals surface area contributed by atoms with E-state index in [0.29, 0.717) is 0 Å². The van der Waals surface area contributed by atoms with E-state index in [1.807, 2.05) is 0 Å². The molecule has 0 aromatic rings. The highest BCUT2D eigenvalue weighted by Gasteiger charge is 2.20. The molecule has 0 aliphatic carbocycles. The molecule has 0 aromatic carbocycles. The van der Waals surface area contributed by atoms with Gasteiger partial charge in [0.1, 0.15) is 5.76 Å². The Bertz CT molecular complexity index is 278. The first-order valence-electron chi connectivity index (χ1n) is 2.71. The van der Waals surface area contributed by atoms with Crippen molar-refractivity contribution in [2.75, 3.05) is 0 Å². The summed E-state index contributed by atoms with van der Waals surface area (Å²) in [6.07, 6.45) is -0.384. The molecule has 58 valence electrons. The van der Waals surface area contributed by atoms with Gasteiger partial charge in [0.25, 0.3) is 5.91 Å². The largest absolute Gasteiger partial charge is 0.509 e. The van der Waals surface area contributed by atoms with Crippen molar-refractivity contribution in [1.82, 2.24) is 0 Å². The fourth-order valence-corrected chi connectivity index (χ4v) is 0.592. The van der Waals surface area contributed by atoms with Crippen molar-refractivity contribution in [3.63, 3.8) is 0 Å². The van der Waals surface area contributed by atoms with Crippen LogP contribution < -0.4 is 0 Å². The average Bonchev–Trinajstić information content (AvgIpc) is 1.85. The van der Waals surface area contributed by atoms with Gasteiger partial charge in [-0.1, -0.05) is 0 Å². The summed E-state index contributed by atoms with van der Waals surface area (Å²) < 4.78 is 0. The number of carbonyl (C=O) groups excluding carboxylic acids is 1. The van der Waals surface area contributed by atoms with Gasteiger partial charge < -0.3 is 10.2 Å². The fourth-order valence-electron chi connectivity index (χ4n) is 0.592. The predicted molar refractivity (Wildman–Crippen MR) is 31.8 cm³/mol. The molecule has 0 atom stereocenters. The molecule has 0 bridgehead atoms. The fraction of sp³-hybridized carbons (Fsp3) is 0.200. The zero-order valence-electron chi connectivity index (χ0n) is 5.31. The molecule has 6 nitrogen and oxygen atoms in total. The van der Waals surface area contributed by atoms with E-state index in [0.717, 1.165) is 0 Å². The number of rotatable bonds is 1. The van der Waals surface area contributed by atoms with Crippen LogP contribution in [0.15, 0.2) is 21.7 Å². The maximum atomic E-state index is 10.4. The Morgan fingerprint density at radius 3 is 2.55 bits per heavy atom. The predicted octanol–water partition coefficient (Wildman–Crippen LogP) is 0.223. The maximum absolute atomic E-state index is 10.4. The van der Waals surface area contributed by atoms with E-state index in [1.165, 1.54) is 0 Å². The highest BCUT2D eigenvalue weighted by Crippen LogP contribution is 2.14. The Hall–Kier alpha value is -1.72. The van der Waals surface area contributed by atoms with Crippen molar-refractivity contribution in [3.05, 3.63) is 11.5 Å². The molecule has 0 saturated carbocycles. The van der Waals surface area contributed by atoms with Crippen LogP contribution in [0, 0.1) is 0 Å². The number of carboxylic acids is 1. The summed E-state index contributed by atoms with van der Waals surface area (Å²) in [6.45, 7) is 0. The maximum Gasteiger partial charge on any atom is 0.359 e. The summed E-state index contributed by atoms with van der Waals surface area (Å²) in [5.41, 5.74) is -0.565. The van der Waals surface area contributed by atoms with E-state index in [1.54, 1.807) is 0 Å². The molecule has 1 aliphatic rings. The highest BCUT2D eigenvalue weighted by molar-refractivity contribution is 5.90. The molecule has 1 aliphatic heterocycles. The molecule has 6 heteroatoms. The first-order valence-corrected chi connectivity index (χ1v) is 2.71. The van der Waals surface area contributed by atoms with Gasteiger partial charge in [-0.15, -0.1) is 10.2 Å². The van der Waals surface area contributed by atoms with E-state index in [9.17, 15) is 9.59 Å². The van der Waals surface area contributed by atoms with Gasteiger partial charge in [0, 0.05) is 0 Å². The minimum absolute atomic E-state index is 0.384. The third-order valence-electron chi connectivity index (χ3n) is 1.06. The zero-order valence-corrected chi connectivity index (χ0v) is 5.31. The molecule has 0 fully saturated rings. The molecule has 11 heavy (non-hydrogen) atoms. The smallest absolute Gasteiger partial charge is 0.359 e. The summed E-state index contributed by atoms with van der Waals surface area (Å²) in [6, 6.07) is 0. The molecular weight excluding hydrogens is 152 g/mol. The number of aliphatic hydroxyl groups is 1. The van der Waals surface area contributed by atoms with E-state index in [4.69, 9.17) is 10.2 Å². The van der Waals surface area contributed by atoms with E-state index < -0.39 is 23.3 Å². The van der Waals surface area contributed by atoms with Crippen molar-refractivity contribution >= 4 is 11.9 Å². The Morgan fingerprint density at radius 1 is 1.45 bits per heavy atom. The molecule has 1 rings (SSSR count). The number of carboxylic acid groups (broad SMARTS) is 1. The average molecular weight is 156 g/mol. The zero-order chi connectivity index (χ0) is 8.43. The SMILES string of the molecule is O=C1CC(O)=C(C(=O)O)N=N1. The number of aliphatic carboxylic acids is 1. The minimum atomic E-state index is -1.39. The molecule has 0 saturated heterocycles. The van der Waals surface area contributed by atoms with E-state index in [2.05, 4.69) is 10.2 Å². The quantitative estimate of drug-likeness (QED) is 0.567. The number of aliphatic hydroxyl groups excluding tert-OH is 1. The van der Waals surface area contributed by atoms with Gasteiger partial charge >= 0.3 is 5.97 Å². The molecule has 0 unspecified atom stereocenters. The van der Waals surface area contributed by atoms with Crippen molar-refractivity contribution in [1.29, 1.82) is 0 Å². The number of hydrogen-bond donors (Lipinski definition) is 2. The molecule has 2 N–H and O–H groups in total. The first kappa shape index (κ1) is 7.39. The number of hydrogen-bond acceptors (Lipinski definition) is 4. The summed E-state index contributed by atoms with van der Waals surface area (Å²) in [5, 5.41) is 23.1. The third kappa shape index (κ3) is 1.40. The lowest BCUT2D eigenvalue weighted by Gasteiger charge is -2.02. The standard InChI is InChI=1S/C5H4N2O4/c8-2-1-3(9)6-7-4(2)5(10)11/h8H,1H2,(H,10,11).